The van der Waals surface area contributed by atoms with Crippen molar-refractivity contribution < 1.29 is 9.47 Å². The topological polar surface area (TPSA) is 42.5 Å². The van der Waals surface area contributed by atoms with E-state index in [1.807, 2.05) is 0 Å². The first-order valence-corrected chi connectivity index (χ1v) is 8.38. The Morgan fingerprint density at radius 1 is 1.18 bits per heavy atom. The summed E-state index contributed by atoms with van der Waals surface area (Å²) in [7, 11) is 3.19. The van der Waals surface area contributed by atoms with Crippen molar-refractivity contribution in [1.29, 1.82) is 0 Å². The van der Waals surface area contributed by atoms with Crippen LogP contribution in [0.2, 0.25) is 5.02 Å². The van der Waals surface area contributed by atoms with Crippen LogP contribution in [0.3, 0.4) is 0 Å². The fourth-order valence-electron chi connectivity index (χ4n) is 3.71. The Morgan fingerprint density at radius 2 is 1.95 bits per heavy atom. The van der Waals surface area contributed by atoms with Crippen LogP contribution in [0.1, 0.15) is 25.7 Å². The van der Waals surface area contributed by atoms with Gasteiger partial charge in [0, 0.05) is 18.2 Å². The smallest absolute Gasteiger partial charge is 0.171 e. The molecule has 2 aliphatic rings. The first-order chi connectivity index (χ1) is 10.6. The van der Waals surface area contributed by atoms with Gasteiger partial charge in [0.25, 0.3) is 0 Å². The lowest BCUT2D eigenvalue weighted by Crippen LogP contribution is -2.40. The molecule has 2 saturated carbocycles. The Bertz CT molecular complexity index is 582. The molecule has 120 valence electrons. The highest BCUT2D eigenvalue weighted by molar-refractivity contribution is 7.80. The van der Waals surface area contributed by atoms with Crippen LogP contribution in [0.4, 0.5) is 5.69 Å². The second-order valence-corrected chi connectivity index (χ2v) is 6.88. The molecule has 2 aliphatic carbocycles. The average molecular weight is 341 g/mol. The third kappa shape index (κ3) is 3.10. The Morgan fingerprint density at radius 3 is 2.55 bits per heavy atom. The van der Waals surface area contributed by atoms with Crippen molar-refractivity contribution in [3.05, 3.63) is 17.2 Å². The molecular weight excluding hydrogens is 320 g/mol. The van der Waals surface area contributed by atoms with Gasteiger partial charge in [0.05, 0.1) is 24.9 Å². The summed E-state index contributed by atoms with van der Waals surface area (Å²) < 4.78 is 10.6. The number of halogens is 1. The fourth-order valence-corrected chi connectivity index (χ4v) is 4.20. The maximum Gasteiger partial charge on any atom is 0.171 e. The normalized spacial score (nSPS) is 25.9. The van der Waals surface area contributed by atoms with Crippen LogP contribution in [0.25, 0.3) is 0 Å². The van der Waals surface area contributed by atoms with Gasteiger partial charge in [-0.1, -0.05) is 18.0 Å². The van der Waals surface area contributed by atoms with Gasteiger partial charge in [0.15, 0.2) is 5.11 Å². The Balaban J connectivity index is 1.68. The van der Waals surface area contributed by atoms with Gasteiger partial charge in [0.2, 0.25) is 0 Å². The molecule has 4 nitrogen and oxygen atoms in total. The van der Waals surface area contributed by atoms with E-state index in [4.69, 9.17) is 33.3 Å². The Hall–Kier alpha value is -1.20. The van der Waals surface area contributed by atoms with Crippen LogP contribution in [0, 0.1) is 11.8 Å². The summed E-state index contributed by atoms with van der Waals surface area (Å²) in [5.41, 5.74) is 0.754. The van der Waals surface area contributed by atoms with Crippen LogP contribution in [0.15, 0.2) is 12.1 Å². The van der Waals surface area contributed by atoms with Crippen LogP contribution in [-0.2, 0) is 0 Å². The van der Waals surface area contributed by atoms with E-state index >= 15 is 0 Å². The second-order valence-electron chi connectivity index (χ2n) is 6.07. The molecule has 0 saturated heterocycles. The fraction of sp³-hybridized carbons (Fsp3) is 0.562. The number of anilines is 1. The van der Waals surface area contributed by atoms with Crippen molar-refractivity contribution in [1.82, 2.24) is 5.32 Å². The average Bonchev–Trinajstić information content (AvgIpc) is 3.11. The Kier molecular flexibility index (Phi) is 4.64. The number of methoxy groups -OCH3 is 2. The lowest BCUT2D eigenvalue weighted by atomic mass is 9.96. The summed E-state index contributed by atoms with van der Waals surface area (Å²) in [6.45, 7) is 0. The molecule has 2 N–H and O–H groups in total. The quantitative estimate of drug-likeness (QED) is 0.815. The molecule has 0 radical (unpaired) electrons. The number of hydrogen-bond acceptors (Lipinski definition) is 3. The molecule has 0 heterocycles. The number of ether oxygens (including phenoxy) is 2. The minimum Gasteiger partial charge on any atom is -0.495 e. The van der Waals surface area contributed by atoms with Gasteiger partial charge in [-0.2, -0.15) is 0 Å². The van der Waals surface area contributed by atoms with Crippen molar-refractivity contribution in [2.24, 2.45) is 11.8 Å². The summed E-state index contributed by atoms with van der Waals surface area (Å²) in [5, 5.41) is 7.80. The molecule has 1 aromatic carbocycles. The zero-order valence-electron chi connectivity index (χ0n) is 12.8. The highest BCUT2D eigenvalue weighted by Crippen LogP contribution is 2.44. The second kappa shape index (κ2) is 6.50. The van der Waals surface area contributed by atoms with E-state index in [1.54, 1.807) is 26.4 Å². The molecule has 2 bridgehead atoms. The molecule has 0 amide bonds. The maximum absolute atomic E-state index is 6.12. The van der Waals surface area contributed by atoms with E-state index in [9.17, 15) is 0 Å². The van der Waals surface area contributed by atoms with Gasteiger partial charge >= 0.3 is 0 Å². The molecule has 0 aliphatic heterocycles. The zero-order valence-corrected chi connectivity index (χ0v) is 14.4. The molecule has 3 rings (SSSR count). The summed E-state index contributed by atoms with van der Waals surface area (Å²) >= 11 is 11.6. The van der Waals surface area contributed by atoms with Gasteiger partial charge in [0.1, 0.15) is 11.5 Å². The SMILES string of the molecule is COc1cc(NC(=S)N[C@@H]2C[C@@H]3CC[C@@H]2C3)c(OC)cc1Cl. The van der Waals surface area contributed by atoms with Crippen molar-refractivity contribution in [3.63, 3.8) is 0 Å². The van der Waals surface area contributed by atoms with Crippen LogP contribution >= 0.6 is 23.8 Å². The van der Waals surface area contributed by atoms with Crippen molar-refractivity contribution in [2.75, 3.05) is 19.5 Å². The zero-order chi connectivity index (χ0) is 15.7. The minimum atomic E-state index is 0.499. The highest BCUT2D eigenvalue weighted by atomic mass is 35.5. The molecule has 6 heteroatoms. The van der Waals surface area contributed by atoms with Gasteiger partial charge in [-0.05, 0) is 43.3 Å². The number of hydrogen-bond donors (Lipinski definition) is 2. The molecular formula is C16H21ClN2O2S. The lowest BCUT2D eigenvalue weighted by Gasteiger charge is -2.25. The molecule has 0 unspecified atom stereocenters. The first kappa shape index (κ1) is 15.7. The summed E-state index contributed by atoms with van der Waals surface area (Å²) in [6.07, 6.45) is 5.28. The number of fused-ring (bicyclic) bond motifs is 2. The van der Waals surface area contributed by atoms with Crippen molar-refractivity contribution in [3.8, 4) is 11.5 Å². The number of rotatable bonds is 4. The monoisotopic (exact) mass is 340 g/mol. The van der Waals surface area contributed by atoms with Crippen LogP contribution < -0.4 is 20.1 Å². The first-order valence-electron chi connectivity index (χ1n) is 7.59. The standard InChI is InChI=1S/C16H21ClN2O2S/c1-20-14-8-13(15(21-2)7-11(14)17)19-16(22)18-12-6-9-3-4-10(12)5-9/h7-10,12H,3-6H2,1-2H3,(H2,18,19,22)/t9-,10-,12-/m1/s1. The predicted octanol–water partition coefficient (Wildman–Crippen LogP) is 3.83. The van der Waals surface area contributed by atoms with Crippen LogP contribution in [0.5, 0.6) is 11.5 Å². The van der Waals surface area contributed by atoms with Gasteiger partial charge in [-0.3, -0.25) is 0 Å². The third-order valence-electron chi connectivity index (χ3n) is 4.78. The summed E-state index contributed by atoms with van der Waals surface area (Å²) in [5.74, 6) is 2.89. The molecule has 0 aromatic heterocycles. The highest BCUT2D eigenvalue weighted by Gasteiger charge is 2.39. The van der Waals surface area contributed by atoms with Crippen molar-refractivity contribution in [2.45, 2.75) is 31.7 Å². The Labute approximate surface area is 141 Å². The van der Waals surface area contributed by atoms with Gasteiger partial charge in [-0.25, -0.2) is 0 Å². The molecule has 0 spiro atoms. The lowest BCUT2D eigenvalue weighted by molar-refractivity contribution is 0.391. The number of thiocarbonyl (C=S) groups is 1. The van der Waals surface area contributed by atoms with Crippen LogP contribution in [-0.4, -0.2) is 25.4 Å². The van der Waals surface area contributed by atoms with E-state index in [-0.39, 0.29) is 0 Å². The van der Waals surface area contributed by atoms with Crippen molar-refractivity contribution >= 4 is 34.6 Å². The summed E-state index contributed by atoms with van der Waals surface area (Å²) in [4.78, 5) is 0. The van der Waals surface area contributed by atoms with E-state index in [0.29, 0.717) is 27.7 Å². The van der Waals surface area contributed by atoms with E-state index in [1.165, 1.54) is 25.7 Å². The van der Waals surface area contributed by atoms with E-state index in [2.05, 4.69) is 10.6 Å². The predicted molar refractivity (Wildman–Crippen MR) is 93.1 cm³/mol. The largest absolute Gasteiger partial charge is 0.495 e. The molecule has 3 atom stereocenters. The molecule has 22 heavy (non-hydrogen) atoms. The molecule has 1 aromatic rings. The van der Waals surface area contributed by atoms with E-state index in [0.717, 1.165) is 17.5 Å². The molecule has 2 fully saturated rings. The third-order valence-corrected chi connectivity index (χ3v) is 5.29. The maximum atomic E-state index is 6.12. The number of benzene rings is 1. The van der Waals surface area contributed by atoms with Gasteiger partial charge in [-0.15, -0.1) is 0 Å². The van der Waals surface area contributed by atoms with E-state index < -0.39 is 0 Å². The number of nitrogens with one attached hydrogen (secondary N) is 2. The van der Waals surface area contributed by atoms with Gasteiger partial charge < -0.3 is 20.1 Å². The summed E-state index contributed by atoms with van der Waals surface area (Å²) in [6, 6.07) is 4.03. The minimum absolute atomic E-state index is 0.499.